The van der Waals surface area contributed by atoms with Gasteiger partial charge in [0.25, 0.3) is 0 Å². The molecule has 0 saturated heterocycles. The number of nitrogens with two attached hydrogens (primary N) is 1. The number of carbonyl (C=O) groups is 1. The van der Waals surface area contributed by atoms with E-state index in [-0.39, 0.29) is 5.91 Å². The van der Waals surface area contributed by atoms with E-state index in [0.29, 0.717) is 5.25 Å². The Bertz CT molecular complexity index is 479. The third-order valence-electron chi connectivity index (χ3n) is 3.92. The second-order valence-corrected chi connectivity index (χ2v) is 7.84. The van der Waals surface area contributed by atoms with Crippen molar-refractivity contribution in [3.63, 3.8) is 0 Å². The summed E-state index contributed by atoms with van der Waals surface area (Å²) in [5.74, 6) is 0.691. The summed E-state index contributed by atoms with van der Waals surface area (Å²) in [6, 6.07) is 0. The van der Waals surface area contributed by atoms with Crippen LogP contribution in [0.15, 0.2) is 4.34 Å². The third kappa shape index (κ3) is 4.17. The normalized spacial score (nSPS) is 25.9. The van der Waals surface area contributed by atoms with Crippen LogP contribution in [0.5, 0.6) is 0 Å². The van der Waals surface area contributed by atoms with Gasteiger partial charge in [0, 0.05) is 11.7 Å². The minimum Gasteiger partial charge on any atom is -0.368 e. The summed E-state index contributed by atoms with van der Waals surface area (Å²) in [4.78, 5) is 16.5. The molecular weight excluding hydrogens is 304 g/mol. The van der Waals surface area contributed by atoms with Crippen molar-refractivity contribution in [1.29, 1.82) is 0 Å². The maximum Gasteiger partial charge on any atom is 0.237 e. The van der Waals surface area contributed by atoms with Crippen molar-refractivity contribution in [2.24, 2.45) is 5.73 Å². The van der Waals surface area contributed by atoms with Crippen molar-refractivity contribution >= 4 is 29.2 Å². The number of aromatic nitrogens is 2. The minimum atomic E-state index is -0.537. The lowest BCUT2D eigenvalue weighted by Crippen LogP contribution is -2.58. The van der Waals surface area contributed by atoms with E-state index in [1.807, 2.05) is 0 Å². The van der Waals surface area contributed by atoms with Crippen LogP contribution in [0.2, 0.25) is 0 Å². The number of carbonyl (C=O) groups excluding carboxylic acids is 1. The van der Waals surface area contributed by atoms with E-state index in [4.69, 9.17) is 5.73 Å². The Morgan fingerprint density at radius 1 is 1.57 bits per heavy atom. The zero-order valence-electron chi connectivity index (χ0n) is 12.7. The van der Waals surface area contributed by atoms with Gasteiger partial charge in [0.2, 0.25) is 5.91 Å². The molecule has 1 amide bonds. The van der Waals surface area contributed by atoms with Gasteiger partial charge in [-0.1, -0.05) is 25.6 Å². The number of amides is 1. The fourth-order valence-electron chi connectivity index (χ4n) is 2.73. The summed E-state index contributed by atoms with van der Waals surface area (Å²) in [6.07, 6.45) is 5.63. The lowest BCUT2D eigenvalue weighted by molar-refractivity contribution is -0.125. The van der Waals surface area contributed by atoms with Gasteiger partial charge in [-0.2, -0.15) is 4.37 Å². The van der Waals surface area contributed by atoms with Crippen molar-refractivity contribution in [3.8, 4) is 0 Å². The fourth-order valence-corrected chi connectivity index (χ4v) is 5.02. The fraction of sp³-hybridized carbons (Fsp3) is 0.786. The Hall–Kier alpha value is -0.660. The third-order valence-corrected chi connectivity index (χ3v) is 6.01. The molecular formula is C14H24N4OS2. The molecule has 2 rings (SSSR count). The highest BCUT2D eigenvalue weighted by Crippen LogP contribution is 2.38. The zero-order valence-corrected chi connectivity index (χ0v) is 14.4. The predicted octanol–water partition coefficient (Wildman–Crippen LogP) is 2.36. The van der Waals surface area contributed by atoms with Crippen LogP contribution in [0.25, 0.3) is 0 Å². The molecule has 2 atom stereocenters. The SMILES string of the molecule is CCCNC1(C(N)=O)CCCC(Sc2nc(CC)ns2)C1. The van der Waals surface area contributed by atoms with Gasteiger partial charge in [-0.25, -0.2) is 4.98 Å². The molecule has 0 spiro atoms. The second kappa shape index (κ2) is 7.56. The molecule has 1 fully saturated rings. The molecule has 2 unspecified atom stereocenters. The summed E-state index contributed by atoms with van der Waals surface area (Å²) >= 11 is 3.21. The number of hydrogen-bond donors (Lipinski definition) is 2. The van der Waals surface area contributed by atoms with Gasteiger partial charge in [0.05, 0.1) is 5.54 Å². The van der Waals surface area contributed by atoms with Crippen LogP contribution in [-0.4, -0.2) is 32.6 Å². The first-order chi connectivity index (χ1) is 10.1. The van der Waals surface area contributed by atoms with Gasteiger partial charge in [-0.3, -0.25) is 4.79 Å². The Morgan fingerprint density at radius 2 is 2.38 bits per heavy atom. The summed E-state index contributed by atoms with van der Waals surface area (Å²) in [7, 11) is 0. The molecule has 3 N–H and O–H groups in total. The van der Waals surface area contributed by atoms with Gasteiger partial charge in [0.1, 0.15) is 5.82 Å². The average Bonchev–Trinajstić information content (AvgIpc) is 2.93. The quantitative estimate of drug-likeness (QED) is 0.803. The van der Waals surface area contributed by atoms with Crippen LogP contribution < -0.4 is 11.1 Å². The summed E-state index contributed by atoms with van der Waals surface area (Å²) in [5.41, 5.74) is 5.15. The van der Waals surface area contributed by atoms with Gasteiger partial charge in [0.15, 0.2) is 4.34 Å². The molecule has 0 bridgehead atoms. The number of primary amides is 1. The lowest BCUT2D eigenvalue weighted by atomic mass is 9.80. The first-order valence-corrected chi connectivity index (χ1v) is 9.29. The van der Waals surface area contributed by atoms with E-state index >= 15 is 0 Å². The molecule has 0 aromatic carbocycles. The van der Waals surface area contributed by atoms with E-state index in [0.717, 1.165) is 55.2 Å². The minimum absolute atomic E-state index is 0.215. The van der Waals surface area contributed by atoms with Gasteiger partial charge in [-0.15, -0.1) is 0 Å². The smallest absolute Gasteiger partial charge is 0.237 e. The zero-order chi connectivity index (χ0) is 15.3. The standard InChI is InChI=1S/C14H24N4OS2/c1-3-8-16-14(12(15)19)7-5-6-10(9-14)20-13-17-11(4-2)18-21-13/h10,16H,3-9H2,1-2H3,(H2,15,19). The monoisotopic (exact) mass is 328 g/mol. The first kappa shape index (κ1) is 16.7. The number of rotatable bonds is 7. The van der Waals surface area contributed by atoms with Crippen molar-refractivity contribution < 1.29 is 4.79 Å². The van der Waals surface area contributed by atoms with Gasteiger partial charge in [-0.05, 0) is 50.2 Å². The number of aryl methyl sites for hydroxylation is 1. The molecule has 1 saturated carbocycles. The van der Waals surface area contributed by atoms with E-state index in [2.05, 4.69) is 28.5 Å². The second-order valence-electron chi connectivity index (χ2n) is 5.54. The van der Waals surface area contributed by atoms with E-state index in [1.165, 1.54) is 11.5 Å². The van der Waals surface area contributed by atoms with E-state index < -0.39 is 5.54 Å². The lowest BCUT2D eigenvalue weighted by Gasteiger charge is -2.38. The number of nitrogens with zero attached hydrogens (tertiary/aromatic N) is 2. The van der Waals surface area contributed by atoms with Crippen molar-refractivity contribution in [3.05, 3.63) is 5.82 Å². The Kier molecular flexibility index (Phi) is 6.01. The Morgan fingerprint density at radius 3 is 3.00 bits per heavy atom. The summed E-state index contributed by atoms with van der Waals surface area (Å²) < 4.78 is 5.33. The van der Waals surface area contributed by atoms with Crippen LogP contribution in [0.3, 0.4) is 0 Å². The highest BCUT2D eigenvalue weighted by molar-refractivity contribution is 8.01. The molecule has 5 nitrogen and oxygen atoms in total. The largest absolute Gasteiger partial charge is 0.368 e. The molecule has 0 aliphatic heterocycles. The molecule has 1 aliphatic carbocycles. The molecule has 1 aromatic heterocycles. The van der Waals surface area contributed by atoms with Crippen LogP contribution >= 0.6 is 23.3 Å². The van der Waals surface area contributed by atoms with E-state index in [1.54, 1.807) is 11.8 Å². The number of hydrogen-bond acceptors (Lipinski definition) is 6. The summed E-state index contributed by atoms with van der Waals surface area (Å²) in [6.45, 7) is 4.99. The Balaban J connectivity index is 2.02. The molecule has 1 aromatic rings. The van der Waals surface area contributed by atoms with Crippen molar-refractivity contribution in [1.82, 2.24) is 14.7 Å². The molecule has 7 heteroatoms. The molecule has 21 heavy (non-hydrogen) atoms. The highest BCUT2D eigenvalue weighted by atomic mass is 32.2. The number of thioether (sulfide) groups is 1. The van der Waals surface area contributed by atoms with Crippen LogP contribution in [0.4, 0.5) is 0 Å². The van der Waals surface area contributed by atoms with Crippen molar-refractivity contribution in [2.45, 2.75) is 67.5 Å². The van der Waals surface area contributed by atoms with Gasteiger partial charge >= 0.3 is 0 Å². The maximum absolute atomic E-state index is 12.0. The molecule has 0 radical (unpaired) electrons. The van der Waals surface area contributed by atoms with Crippen LogP contribution in [0, 0.1) is 0 Å². The average molecular weight is 329 g/mol. The van der Waals surface area contributed by atoms with Crippen LogP contribution in [-0.2, 0) is 11.2 Å². The van der Waals surface area contributed by atoms with Crippen molar-refractivity contribution in [2.75, 3.05) is 6.54 Å². The molecule has 1 aliphatic rings. The molecule has 1 heterocycles. The molecule has 118 valence electrons. The maximum atomic E-state index is 12.0. The van der Waals surface area contributed by atoms with E-state index in [9.17, 15) is 4.79 Å². The Labute approximate surface area is 134 Å². The highest BCUT2D eigenvalue weighted by Gasteiger charge is 2.41. The van der Waals surface area contributed by atoms with Gasteiger partial charge < -0.3 is 11.1 Å². The predicted molar refractivity (Wildman–Crippen MR) is 87.6 cm³/mol. The number of nitrogens with one attached hydrogen (secondary N) is 1. The first-order valence-electron chi connectivity index (χ1n) is 7.64. The summed E-state index contributed by atoms with van der Waals surface area (Å²) in [5, 5.41) is 3.78. The van der Waals surface area contributed by atoms with Crippen LogP contribution in [0.1, 0.15) is 51.8 Å². The topological polar surface area (TPSA) is 80.9 Å².